The van der Waals surface area contributed by atoms with Crippen LogP contribution in [-0.4, -0.2) is 134 Å². The number of rotatable bonds is 24. The van der Waals surface area contributed by atoms with Crippen molar-refractivity contribution in [1.82, 2.24) is 18.8 Å². The number of pyridine rings is 1. The smallest absolute Gasteiger partial charge is 0.128 e. The molecule has 2 aromatic heterocycles. The largest absolute Gasteiger partial charge is 0.403 e. The second-order valence-electron chi connectivity index (χ2n) is 14.7. The van der Waals surface area contributed by atoms with E-state index in [0.717, 1.165) is 117 Å². The van der Waals surface area contributed by atoms with Crippen molar-refractivity contribution in [3.63, 3.8) is 0 Å². The molecule has 13 nitrogen and oxygen atoms in total. The van der Waals surface area contributed by atoms with E-state index in [4.69, 9.17) is 36.3 Å². The van der Waals surface area contributed by atoms with Crippen molar-refractivity contribution in [3.05, 3.63) is 89.9 Å². The predicted molar refractivity (Wildman–Crippen MR) is 235 cm³/mol. The maximum Gasteiger partial charge on any atom is 0.128 e. The second kappa shape index (κ2) is 24.3. The number of aliphatic imine (C=N–C) groups is 1. The van der Waals surface area contributed by atoms with E-state index >= 15 is 0 Å². The van der Waals surface area contributed by atoms with Crippen LogP contribution < -0.4 is 10.6 Å². The normalized spacial score (nSPS) is 16.7. The molecule has 0 saturated carbocycles. The molecule has 0 aliphatic carbocycles. The second-order valence-corrected chi connectivity index (χ2v) is 16.5. The highest BCUT2D eigenvalue weighted by molar-refractivity contribution is 7.82. The summed E-state index contributed by atoms with van der Waals surface area (Å²) in [5.74, 6) is 0.610. The van der Waals surface area contributed by atoms with Crippen LogP contribution in [0.2, 0.25) is 0 Å². The Morgan fingerprint density at radius 1 is 0.864 bits per heavy atom. The molecule has 0 bridgehead atoms. The maximum absolute atomic E-state index is 13.8. The van der Waals surface area contributed by atoms with Gasteiger partial charge in [-0.05, 0) is 85.2 Å². The van der Waals surface area contributed by atoms with Crippen LogP contribution in [0.5, 0.6) is 0 Å². The Kier molecular flexibility index (Phi) is 18.4. The average molecular weight is 849 g/mol. The van der Waals surface area contributed by atoms with E-state index in [0.29, 0.717) is 63.6 Å². The van der Waals surface area contributed by atoms with Crippen molar-refractivity contribution in [2.24, 2.45) is 16.6 Å². The van der Waals surface area contributed by atoms with Crippen LogP contribution in [-0.2, 0) is 41.1 Å². The summed E-state index contributed by atoms with van der Waals surface area (Å²) < 4.78 is 40.7. The highest BCUT2D eigenvalue weighted by atomic mass is 35.5. The van der Waals surface area contributed by atoms with Crippen molar-refractivity contribution < 1.29 is 28.0 Å². The number of nitrogens with two attached hydrogens (primary N) is 1. The summed E-state index contributed by atoms with van der Waals surface area (Å²) in [4.78, 5) is 21.1. The summed E-state index contributed by atoms with van der Waals surface area (Å²) in [6.07, 6.45) is 11.9. The Hall–Kier alpha value is -3.99. The molecular formula is C44H58ClN7O6S. The van der Waals surface area contributed by atoms with Gasteiger partial charge in [0.05, 0.1) is 73.6 Å². The number of carbonyl (C=O) groups is 1. The number of hydrogen-bond donors (Lipinski definition) is 1. The number of ether oxygens (including phenoxy) is 4. The van der Waals surface area contributed by atoms with E-state index in [1.165, 1.54) is 11.9 Å². The quantitative estimate of drug-likeness (QED) is 0.0517. The molecule has 59 heavy (non-hydrogen) atoms. The standard InChI is InChI=1S/C44H58ClN7O6S/c45-39(33-46)35-47-40-7-9-41(10-8-40)50-20-18-49(19-21-50)22-25-56-27-29-58-31-30-57-28-26-55-24-3-4-36-11-15-51(16-12-36)59(54)44-6-2-1-5-42(44)37-13-17-52-43(32-37)38(14-23-53)34-48-52/h1-2,5-10,13,17,23,32-36H,3-4,11-12,14-16,18-22,24-31,46H2/b39-33-,47-35?. The van der Waals surface area contributed by atoms with Gasteiger partial charge in [0, 0.05) is 88.7 Å². The molecule has 15 heteroatoms. The third kappa shape index (κ3) is 13.8. The average Bonchev–Trinajstić information content (AvgIpc) is 3.69. The van der Waals surface area contributed by atoms with Crippen LogP contribution in [0.15, 0.2) is 94.2 Å². The Balaban J connectivity index is 0.738. The third-order valence-electron chi connectivity index (χ3n) is 10.8. The van der Waals surface area contributed by atoms with Gasteiger partial charge in [0.1, 0.15) is 17.3 Å². The highest BCUT2D eigenvalue weighted by Crippen LogP contribution is 2.31. The fourth-order valence-electron chi connectivity index (χ4n) is 7.39. The molecule has 2 fully saturated rings. The number of aromatic nitrogens is 2. The van der Waals surface area contributed by atoms with Crippen molar-refractivity contribution in [2.75, 3.05) is 104 Å². The van der Waals surface area contributed by atoms with Gasteiger partial charge in [-0.25, -0.2) is 13.0 Å². The van der Waals surface area contributed by atoms with E-state index in [1.54, 1.807) is 16.9 Å². The lowest BCUT2D eigenvalue weighted by atomic mass is 9.93. The number of allylic oxidation sites excluding steroid dienone is 1. The molecule has 1 atom stereocenters. The van der Waals surface area contributed by atoms with Crippen molar-refractivity contribution in [3.8, 4) is 11.1 Å². The number of nitrogens with zero attached hydrogens (tertiary/aromatic N) is 6. The van der Waals surface area contributed by atoms with E-state index < -0.39 is 11.0 Å². The lowest BCUT2D eigenvalue weighted by Gasteiger charge is -2.36. The third-order valence-corrected chi connectivity index (χ3v) is 12.5. The molecular weight excluding hydrogens is 790 g/mol. The zero-order valence-corrected chi connectivity index (χ0v) is 35.4. The number of halogens is 1. The van der Waals surface area contributed by atoms with Crippen LogP contribution in [0, 0.1) is 5.92 Å². The number of anilines is 1. The van der Waals surface area contributed by atoms with Crippen LogP contribution >= 0.6 is 11.6 Å². The number of piperazine rings is 1. The molecule has 2 saturated heterocycles. The van der Waals surface area contributed by atoms with Gasteiger partial charge in [-0.3, -0.25) is 9.89 Å². The molecule has 1 unspecified atom stereocenters. The summed E-state index contributed by atoms with van der Waals surface area (Å²) >= 11 is 5.88. The molecule has 6 rings (SSSR count). The highest BCUT2D eigenvalue weighted by Gasteiger charge is 2.25. The molecule has 0 amide bonds. The van der Waals surface area contributed by atoms with Crippen LogP contribution in [0.25, 0.3) is 16.6 Å². The van der Waals surface area contributed by atoms with Crippen LogP contribution in [0.1, 0.15) is 31.2 Å². The summed E-state index contributed by atoms with van der Waals surface area (Å²) in [7, 11) is -1.26. The van der Waals surface area contributed by atoms with Gasteiger partial charge in [-0.1, -0.05) is 29.8 Å². The molecule has 2 N–H and O–H groups in total. The molecule has 318 valence electrons. The fourth-order valence-corrected chi connectivity index (χ4v) is 8.83. The Morgan fingerprint density at radius 3 is 2.24 bits per heavy atom. The lowest BCUT2D eigenvalue weighted by molar-refractivity contribution is -0.107. The summed E-state index contributed by atoms with van der Waals surface area (Å²) in [5.41, 5.74) is 11.1. The summed E-state index contributed by atoms with van der Waals surface area (Å²) in [6, 6.07) is 20.1. The zero-order valence-electron chi connectivity index (χ0n) is 33.9. The molecule has 2 aromatic carbocycles. The number of hydrogen-bond acceptors (Lipinski definition) is 11. The molecule has 2 aliphatic heterocycles. The van der Waals surface area contributed by atoms with Crippen LogP contribution in [0.3, 0.4) is 0 Å². The van der Waals surface area contributed by atoms with Crippen molar-refractivity contribution in [2.45, 2.75) is 37.0 Å². The van der Waals surface area contributed by atoms with Gasteiger partial charge >= 0.3 is 0 Å². The van der Waals surface area contributed by atoms with Gasteiger partial charge in [0.15, 0.2) is 0 Å². The first-order valence-electron chi connectivity index (χ1n) is 20.7. The summed E-state index contributed by atoms with van der Waals surface area (Å²) in [5, 5.41) is 4.76. The molecule has 2 aliphatic rings. The van der Waals surface area contributed by atoms with E-state index in [9.17, 15) is 9.00 Å². The molecule has 0 spiro atoms. The van der Waals surface area contributed by atoms with E-state index in [1.807, 2.05) is 54.7 Å². The Morgan fingerprint density at radius 2 is 1.54 bits per heavy atom. The summed E-state index contributed by atoms with van der Waals surface area (Å²) in [6.45, 7) is 11.2. The minimum Gasteiger partial charge on any atom is -0.403 e. The Bertz CT molecular complexity index is 1960. The van der Waals surface area contributed by atoms with Crippen molar-refractivity contribution >= 4 is 52.0 Å². The number of aldehydes is 1. The number of carbonyl (C=O) groups excluding carboxylic acids is 1. The zero-order chi connectivity index (χ0) is 41.1. The Labute approximate surface area is 355 Å². The van der Waals surface area contributed by atoms with Gasteiger partial charge in [-0.15, -0.1) is 0 Å². The predicted octanol–water partition coefficient (Wildman–Crippen LogP) is 5.89. The monoisotopic (exact) mass is 847 g/mol. The number of piperidine rings is 1. The van der Waals surface area contributed by atoms with E-state index in [-0.39, 0.29) is 0 Å². The van der Waals surface area contributed by atoms with Gasteiger partial charge in [0.2, 0.25) is 0 Å². The van der Waals surface area contributed by atoms with Crippen molar-refractivity contribution in [1.29, 1.82) is 0 Å². The van der Waals surface area contributed by atoms with Gasteiger partial charge in [-0.2, -0.15) is 5.10 Å². The molecule has 4 aromatic rings. The first-order chi connectivity index (χ1) is 29.0. The first kappa shape index (κ1) is 44.6. The number of benzene rings is 2. The van der Waals surface area contributed by atoms with Gasteiger partial charge < -0.3 is 34.4 Å². The minimum atomic E-state index is -1.26. The SMILES string of the molecule is N/C=C(\Cl)C=Nc1ccc(N2CCN(CCOCCOCCOCCOCCCC3CCN(S(=O)c4ccccc4-c4ccn5ncc(CC=O)c5c4)CC3)CC2)cc1. The fraction of sp³-hybridized carbons (Fsp3) is 0.477. The number of fused-ring (bicyclic) bond motifs is 1. The minimum absolute atomic E-state index is 0.314. The lowest BCUT2D eigenvalue weighted by Crippen LogP contribution is -2.47. The topological polar surface area (TPSA) is 136 Å². The first-order valence-corrected chi connectivity index (χ1v) is 22.2. The molecule has 4 heterocycles. The molecule has 0 radical (unpaired) electrons. The van der Waals surface area contributed by atoms with Gasteiger partial charge in [0.25, 0.3) is 0 Å². The van der Waals surface area contributed by atoms with Crippen LogP contribution in [0.4, 0.5) is 11.4 Å². The van der Waals surface area contributed by atoms with E-state index in [2.05, 4.69) is 36.3 Å². The maximum atomic E-state index is 13.8.